The Morgan fingerprint density at radius 2 is 2.35 bits per heavy atom. The largest absolute Gasteiger partial charge is 0.442 e. The number of benzene rings is 1. The average molecular weight is 275 g/mol. The van der Waals surface area contributed by atoms with E-state index in [1.54, 1.807) is 4.90 Å². The molecule has 6 heteroatoms. The number of nitrogens with zero attached hydrogens (tertiary/aromatic N) is 1. The van der Waals surface area contributed by atoms with Crippen molar-refractivity contribution in [1.82, 2.24) is 5.32 Å². The second-order valence-corrected chi connectivity index (χ2v) is 5.17. The first-order valence-electron chi connectivity index (χ1n) is 6.66. The minimum Gasteiger partial charge on any atom is -0.442 e. The van der Waals surface area contributed by atoms with Crippen molar-refractivity contribution in [1.29, 1.82) is 0 Å². The summed E-state index contributed by atoms with van der Waals surface area (Å²) in [5.74, 6) is -0.125. The van der Waals surface area contributed by atoms with Crippen molar-refractivity contribution in [2.75, 3.05) is 11.4 Å². The van der Waals surface area contributed by atoms with E-state index in [0.29, 0.717) is 13.1 Å². The topological polar surface area (TPSA) is 84.7 Å². The van der Waals surface area contributed by atoms with Gasteiger partial charge in [-0.25, -0.2) is 4.79 Å². The number of carbonyl (C=O) groups excluding carboxylic acids is 2. The highest BCUT2D eigenvalue weighted by Gasteiger charge is 2.47. The maximum atomic E-state index is 12.0. The van der Waals surface area contributed by atoms with Crippen LogP contribution in [-0.2, 0) is 22.5 Å². The Labute approximate surface area is 116 Å². The summed E-state index contributed by atoms with van der Waals surface area (Å²) in [6.45, 7) is 2.28. The first kappa shape index (κ1) is 12.9. The molecule has 1 fully saturated rings. The van der Waals surface area contributed by atoms with Crippen molar-refractivity contribution in [2.24, 2.45) is 5.73 Å². The number of hydrogen-bond acceptors (Lipinski definition) is 4. The third-order valence-corrected chi connectivity index (χ3v) is 3.83. The molecular formula is C14H17N3O3. The van der Waals surface area contributed by atoms with Crippen molar-refractivity contribution in [2.45, 2.75) is 32.0 Å². The maximum absolute atomic E-state index is 12.0. The van der Waals surface area contributed by atoms with Crippen LogP contribution in [0, 0.1) is 0 Å². The van der Waals surface area contributed by atoms with E-state index in [2.05, 4.69) is 5.32 Å². The number of cyclic esters (lactones) is 1. The lowest BCUT2D eigenvalue weighted by Crippen LogP contribution is -2.40. The Hall–Kier alpha value is -2.08. The van der Waals surface area contributed by atoms with Crippen LogP contribution < -0.4 is 16.0 Å². The Morgan fingerprint density at radius 1 is 1.55 bits per heavy atom. The minimum atomic E-state index is -0.343. The predicted octanol–water partition coefficient (Wildman–Crippen LogP) is 0.531. The molecule has 3 N–H and O–H groups in total. The Bertz CT molecular complexity index is 573. The van der Waals surface area contributed by atoms with E-state index in [0.717, 1.165) is 23.2 Å². The molecule has 0 radical (unpaired) electrons. The molecule has 0 spiro atoms. The Morgan fingerprint density at radius 3 is 3.05 bits per heavy atom. The summed E-state index contributed by atoms with van der Waals surface area (Å²) in [7, 11) is 0. The van der Waals surface area contributed by atoms with Crippen molar-refractivity contribution in [3.63, 3.8) is 0 Å². The molecule has 2 amide bonds. The molecule has 0 unspecified atom stereocenters. The van der Waals surface area contributed by atoms with E-state index >= 15 is 0 Å². The quantitative estimate of drug-likeness (QED) is 0.842. The number of hydrogen-bond donors (Lipinski definition) is 2. The van der Waals surface area contributed by atoms with E-state index in [1.165, 1.54) is 6.92 Å². The molecule has 2 heterocycles. The van der Waals surface area contributed by atoms with Gasteiger partial charge in [-0.3, -0.25) is 9.69 Å². The van der Waals surface area contributed by atoms with Crippen LogP contribution in [0.3, 0.4) is 0 Å². The van der Waals surface area contributed by atoms with E-state index in [-0.39, 0.29) is 24.1 Å². The van der Waals surface area contributed by atoms with Crippen LogP contribution in [-0.4, -0.2) is 30.7 Å². The van der Waals surface area contributed by atoms with Crippen molar-refractivity contribution in [3.05, 3.63) is 29.3 Å². The van der Waals surface area contributed by atoms with Gasteiger partial charge in [0.1, 0.15) is 6.10 Å². The standard InChI is InChI=1S/C14H17N3O3/c1-8(18)16-7-13-12-5-10-4-9(6-15)2-3-11(10)17(12)14(19)20-13/h2-4,12-13H,5-7,15H2,1H3,(H,16,18)/t12-,13-/m0/s1. The Balaban J connectivity index is 1.83. The lowest BCUT2D eigenvalue weighted by atomic mass is 10.0. The molecular weight excluding hydrogens is 258 g/mol. The number of nitrogens with one attached hydrogen (secondary N) is 1. The zero-order valence-corrected chi connectivity index (χ0v) is 11.3. The second kappa shape index (κ2) is 4.79. The van der Waals surface area contributed by atoms with Gasteiger partial charge in [0.05, 0.1) is 18.3 Å². The molecule has 1 saturated heterocycles. The van der Waals surface area contributed by atoms with Gasteiger partial charge in [-0.2, -0.15) is 0 Å². The van der Waals surface area contributed by atoms with Gasteiger partial charge in [0.15, 0.2) is 0 Å². The summed E-state index contributed by atoms with van der Waals surface area (Å²) in [4.78, 5) is 24.7. The summed E-state index contributed by atoms with van der Waals surface area (Å²) in [6, 6.07) is 5.84. The molecule has 0 saturated carbocycles. The second-order valence-electron chi connectivity index (χ2n) is 5.17. The minimum absolute atomic E-state index is 0.0441. The van der Waals surface area contributed by atoms with Gasteiger partial charge in [0.25, 0.3) is 0 Å². The fourth-order valence-electron chi connectivity index (χ4n) is 2.88. The number of amides is 2. The molecule has 6 nitrogen and oxygen atoms in total. The summed E-state index contributed by atoms with van der Waals surface area (Å²) >= 11 is 0. The smallest absolute Gasteiger partial charge is 0.415 e. The Kier molecular flexibility index (Phi) is 3.10. The summed E-state index contributed by atoms with van der Waals surface area (Å²) in [6.07, 6.45) is 0.0869. The highest BCUT2D eigenvalue weighted by molar-refractivity contribution is 5.93. The molecule has 2 aliphatic heterocycles. The number of fused-ring (bicyclic) bond motifs is 3. The number of carbonyl (C=O) groups is 2. The first-order chi connectivity index (χ1) is 9.60. The number of nitrogens with two attached hydrogens (primary N) is 1. The molecule has 106 valence electrons. The maximum Gasteiger partial charge on any atom is 0.415 e. The van der Waals surface area contributed by atoms with Crippen LogP contribution in [0.15, 0.2) is 18.2 Å². The van der Waals surface area contributed by atoms with Crippen LogP contribution in [0.1, 0.15) is 18.1 Å². The summed E-state index contributed by atoms with van der Waals surface area (Å²) in [5.41, 5.74) is 8.70. The molecule has 0 bridgehead atoms. The molecule has 2 aliphatic rings. The predicted molar refractivity (Wildman–Crippen MR) is 73.3 cm³/mol. The van der Waals surface area contributed by atoms with E-state index in [1.807, 2.05) is 18.2 Å². The molecule has 1 aromatic carbocycles. The summed E-state index contributed by atoms with van der Waals surface area (Å²) < 4.78 is 5.34. The van der Waals surface area contributed by atoms with Gasteiger partial charge in [0, 0.05) is 13.5 Å². The lowest BCUT2D eigenvalue weighted by Gasteiger charge is -2.16. The highest BCUT2D eigenvalue weighted by atomic mass is 16.6. The third kappa shape index (κ3) is 2.02. The van der Waals surface area contributed by atoms with Crippen LogP contribution in [0.2, 0.25) is 0 Å². The van der Waals surface area contributed by atoms with Crippen LogP contribution >= 0.6 is 0 Å². The fraction of sp³-hybridized carbons (Fsp3) is 0.429. The molecule has 20 heavy (non-hydrogen) atoms. The lowest BCUT2D eigenvalue weighted by molar-refractivity contribution is -0.119. The van der Waals surface area contributed by atoms with E-state index in [9.17, 15) is 9.59 Å². The van der Waals surface area contributed by atoms with Crippen molar-refractivity contribution in [3.8, 4) is 0 Å². The average Bonchev–Trinajstić information content (AvgIpc) is 2.93. The number of anilines is 1. The fourth-order valence-corrected chi connectivity index (χ4v) is 2.88. The van der Waals surface area contributed by atoms with Crippen LogP contribution in [0.4, 0.5) is 10.5 Å². The monoisotopic (exact) mass is 275 g/mol. The zero-order chi connectivity index (χ0) is 14.3. The van der Waals surface area contributed by atoms with Gasteiger partial charge in [-0.15, -0.1) is 0 Å². The normalized spacial score (nSPS) is 23.3. The highest BCUT2D eigenvalue weighted by Crippen LogP contribution is 2.38. The van der Waals surface area contributed by atoms with E-state index < -0.39 is 0 Å². The molecule has 0 aliphatic carbocycles. The molecule has 1 aromatic rings. The first-order valence-corrected chi connectivity index (χ1v) is 6.66. The van der Waals surface area contributed by atoms with Gasteiger partial charge < -0.3 is 15.8 Å². The molecule has 2 atom stereocenters. The number of ether oxygens (including phenoxy) is 1. The van der Waals surface area contributed by atoms with Crippen LogP contribution in [0.25, 0.3) is 0 Å². The van der Waals surface area contributed by atoms with Crippen LogP contribution in [0.5, 0.6) is 0 Å². The van der Waals surface area contributed by atoms with E-state index in [4.69, 9.17) is 10.5 Å². The van der Waals surface area contributed by atoms with Crippen molar-refractivity contribution >= 4 is 17.7 Å². The van der Waals surface area contributed by atoms with Crippen molar-refractivity contribution < 1.29 is 14.3 Å². The number of rotatable bonds is 3. The van der Waals surface area contributed by atoms with Gasteiger partial charge in [-0.05, 0) is 23.6 Å². The molecule has 3 rings (SSSR count). The zero-order valence-electron chi connectivity index (χ0n) is 11.3. The van der Waals surface area contributed by atoms with Gasteiger partial charge in [0.2, 0.25) is 5.91 Å². The summed E-state index contributed by atoms with van der Waals surface area (Å²) in [5, 5.41) is 2.71. The van der Waals surface area contributed by atoms with Gasteiger partial charge in [-0.1, -0.05) is 12.1 Å². The molecule has 0 aromatic heterocycles. The van der Waals surface area contributed by atoms with Gasteiger partial charge >= 0.3 is 6.09 Å². The third-order valence-electron chi connectivity index (χ3n) is 3.83. The SMILES string of the molecule is CC(=O)NC[C@@H]1OC(=O)N2c3ccc(CN)cc3C[C@@H]12.